The van der Waals surface area contributed by atoms with E-state index >= 15 is 0 Å². The van der Waals surface area contributed by atoms with Gasteiger partial charge in [0.25, 0.3) is 0 Å². The Morgan fingerprint density at radius 1 is 1.21 bits per heavy atom. The van der Waals surface area contributed by atoms with Gasteiger partial charge in [0, 0.05) is 11.1 Å². The molecule has 2 amide bonds. The smallest absolute Gasteiger partial charge is 0.338 e. The van der Waals surface area contributed by atoms with Gasteiger partial charge in [0.15, 0.2) is 0 Å². The first-order chi connectivity index (χ1) is 15.9. The van der Waals surface area contributed by atoms with Crippen molar-refractivity contribution in [2.45, 2.75) is 25.6 Å². The predicted octanol–water partition coefficient (Wildman–Crippen LogP) is 3.11. The van der Waals surface area contributed by atoms with Gasteiger partial charge in [-0.25, -0.2) is 14.6 Å². The second-order valence-corrected chi connectivity index (χ2v) is 8.98. The predicted molar refractivity (Wildman–Crippen MR) is 125 cm³/mol. The third kappa shape index (κ3) is 6.72. The summed E-state index contributed by atoms with van der Waals surface area (Å²) in [6, 6.07) is 5.67. The maximum atomic E-state index is 12.8. The van der Waals surface area contributed by atoms with E-state index in [2.05, 4.69) is 15.6 Å². The molecule has 176 valence electrons. The number of nitrogens with zero attached hydrogens (tertiary/aromatic N) is 1. The molecule has 2 heterocycles. The second kappa shape index (κ2) is 11.7. The van der Waals surface area contributed by atoms with Crippen molar-refractivity contribution >= 4 is 41.1 Å². The Labute approximate surface area is 199 Å². The number of methoxy groups -OCH3 is 1. The van der Waals surface area contributed by atoms with Crippen molar-refractivity contribution < 1.29 is 28.6 Å². The van der Waals surface area contributed by atoms with Crippen molar-refractivity contribution in [2.75, 3.05) is 26.1 Å². The molecule has 0 fully saturated rings. The highest BCUT2D eigenvalue weighted by atomic mass is 32.2. The quantitative estimate of drug-likeness (QED) is 0.487. The van der Waals surface area contributed by atoms with Gasteiger partial charge in [-0.1, -0.05) is 12.1 Å². The summed E-state index contributed by atoms with van der Waals surface area (Å²) in [7, 11) is 1.55. The Bertz CT molecular complexity index is 1040. The van der Waals surface area contributed by atoms with E-state index in [4.69, 9.17) is 14.2 Å². The van der Waals surface area contributed by atoms with Crippen LogP contribution in [0.2, 0.25) is 0 Å². The minimum absolute atomic E-state index is 0.118. The number of aryl methyl sites for hydroxylation is 1. The Hall–Kier alpha value is -3.05. The van der Waals surface area contributed by atoms with E-state index in [9.17, 15) is 14.4 Å². The van der Waals surface area contributed by atoms with E-state index in [1.807, 2.05) is 12.3 Å². The molecule has 1 aliphatic rings. The van der Waals surface area contributed by atoms with Gasteiger partial charge in [-0.05, 0) is 31.5 Å². The number of thiazole rings is 1. The van der Waals surface area contributed by atoms with Crippen LogP contribution in [0.1, 0.15) is 29.2 Å². The molecule has 2 aromatic rings. The van der Waals surface area contributed by atoms with Crippen molar-refractivity contribution in [2.24, 2.45) is 0 Å². The van der Waals surface area contributed by atoms with Gasteiger partial charge < -0.3 is 24.8 Å². The number of aromatic nitrogens is 1. The van der Waals surface area contributed by atoms with Crippen LogP contribution in [0.25, 0.3) is 0 Å². The van der Waals surface area contributed by atoms with Gasteiger partial charge in [-0.2, -0.15) is 0 Å². The average Bonchev–Trinajstić information content (AvgIpc) is 3.22. The first-order valence-corrected chi connectivity index (χ1v) is 12.2. The number of benzene rings is 1. The molecule has 1 unspecified atom stereocenters. The summed E-state index contributed by atoms with van der Waals surface area (Å²) in [6.07, 6.45) is 0. The highest BCUT2D eigenvalue weighted by molar-refractivity contribution is 7.99. The van der Waals surface area contributed by atoms with Crippen LogP contribution in [-0.2, 0) is 24.8 Å². The maximum Gasteiger partial charge on any atom is 0.338 e. The molecule has 0 radical (unpaired) electrons. The molecule has 0 saturated heterocycles. The number of carbonyl (C=O) groups excluding carboxylic acids is 3. The van der Waals surface area contributed by atoms with Crippen molar-refractivity contribution in [1.82, 2.24) is 15.6 Å². The molecule has 0 bridgehead atoms. The van der Waals surface area contributed by atoms with Crippen molar-refractivity contribution in [3.05, 3.63) is 57.2 Å². The van der Waals surface area contributed by atoms with Gasteiger partial charge in [-0.3, -0.25) is 4.79 Å². The fourth-order valence-electron chi connectivity index (χ4n) is 3.14. The molecule has 9 nitrogen and oxygen atoms in total. The van der Waals surface area contributed by atoms with Gasteiger partial charge in [0.2, 0.25) is 0 Å². The normalized spacial score (nSPS) is 15.5. The molecule has 3 rings (SSSR count). The van der Waals surface area contributed by atoms with Crippen LogP contribution in [0, 0.1) is 6.92 Å². The molecule has 2 N–H and O–H groups in total. The summed E-state index contributed by atoms with van der Waals surface area (Å²) in [4.78, 5) is 41.6. The zero-order chi connectivity index (χ0) is 23.8. The molecule has 1 aromatic carbocycles. The van der Waals surface area contributed by atoms with Crippen LogP contribution in [0.5, 0.6) is 5.75 Å². The molecule has 0 spiro atoms. The van der Waals surface area contributed by atoms with Gasteiger partial charge in [-0.15, -0.1) is 23.1 Å². The van der Waals surface area contributed by atoms with Crippen LogP contribution >= 0.6 is 23.1 Å². The van der Waals surface area contributed by atoms with E-state index in [-0.39, 0.29) is 30.2 Å². The number of esters is 2. The molecule has 0 saturated carbocycles. The Morgan fingerprint density at radius 2 is 1.97 bits per heavy atom. The number of rotatable bonds is 10. The number of ether oxygens (including phenoxy) is 3. The molecule has 33 heavy (non-hydrogen) atoms. The number of nitrogens with one attached hydrogen (secondary N) is 2. The standard InChI is InChI=1S/C22H25N3O6S2/c1-4-30-21(27)19-17(9-31-18(26)12-32-10-15-11-33-13(2)23-15)24-22(28)25-20(19)14-5-7-16(29-3)8-6-14/h5-8,11,20H,4,9-10,12H2,1-3H3,(H2,24,25,28). The third-order valence-corrected chi connectivity index (χ3v) is 6.37. The summed E-state index contributed by atoms with van der Waals surface area (Å²) >= 11 is 2.94. The van der Waals surface area contributed by atoms with E-state index in [1.165, 1.54) is 11.8 Å². The largest absolute Gasteiger partial charge is 0.497 e. The zero-order valence-electron chi connectivity index (χ0n) is 18.5. The van der Waals surface area contributed by atoms with Crippen LogP contribution in [0.4, 0.5) is 4.79 Å². The van der Waals surface area contributed by atoms with Crippen LogP contribution in [0.3, 0.4) is 0 Å². The Kier molecular flexibility index (Phi) is 8.72. The van der Waals surface area contributed by atoms with E-state index < -0.39 is 24.0 Å². The lowest BCUT2D eigenvalue weighted by molar-refractivity contribution is -0.141. The number of thioether (sulfide) groups is 1. The third-order valence-electron chi connectivity index (χ3n) is 4.61. The number of carbonyl (C=O) groups is 3. The molecule has 1 aliphatic heterocycles. The van der Waals surface area contributed by atoms with Gasteiger partial charge >= 0.3 is 18.0 Å². The highest BCUT2D eigenvalue weighted by Gasteiger charge is 2.34. The molecular formula is C22H25N3O6S2. The molecular weight excluding hydrogens is 466 g/mol. The van der Waals surface area contributed by atoms with Crippen molar-refractivity contribution in [3.8, 4) is 5.75 Å². The summed E-state index contributed by atoms with van der Waals surface area (Å²) in [5.74, 6) is 0.282. The fourth-order valence-corrected chi connectivity index (χ4v) is 4.56. The lowest BCUT2D eigenvalue weighted by Gasteiger charge is -2.29. The van der Waals surface area contributed by atoms with Gasteiger partial charge in [0.1, 0.15) is 12.4 Å². The lowest BCUT2D eigenvalue weighted by atomic mass is 9.95. The first-order valence-electron chi connectivity index (χ1n) is 10.2. The minimum Gasteiger partial charge on any atom is -0.497 e. The minimum atomic E-state index is -0.764. The maximum absolute atomic E-state index is 12.8. The van der Waals surface area contributed by atoms with Crippen molar-refractivity contribution in [1.29, 1.82) is 0 Å². The summed E-state index contributed by atoms with van der Waals surface area (Å²) in [6.45, 7) is 3.51. The number of hydrogen-bond donors (Lipinski definition) is 2. The number of urea groups is 1. The first kappa shape index (κ1) is 24.6. The molecule has 1 atom stereocenters. The topological polar surface area (TPSA) is 116 Å². The number of hydrogen-bond acceptors (Lipinski definition) is 9. The van der Waals surface area contributed by atoms with Gasteiger partial charge in [0.05, 0.1) is 47.5 Å². The summed E-state index contributed by atoms with van der Waals surface area (Å²) in [5, 5.41) is 8.24. The van der Waals surface area contributed by atoms with Crippen molar-refractivity contribution in [3.63, 3.8) is 0 Å². The van der Waals surface area contributed by atoms with E-state index in [0.717, 1.165) is 10.7 Å². The Morgan fingerprint density at radius 3 is 2.61 bits per heavy atom. The van der Waals surface area contributed by atoms with Crippen LogP contribution < -0.4 is 15.4 Å². The van der Waals surface area contributed by atoms with E-state index in [0.29, 0.717) is 17.1 Å². The fraction of sp³-hybridized carbons (Fsp3) is 0.364. The number of amides is 2. The van der Waals surface area contributed by atoms with E-state index in [1.54, 1.807) is 49.6 Å². The van der Waals surface area contributed by atoms with Crippen LogP contribution in [-0.4, -0.2) is 49.0 Å². The molecule has 11 heteroatoms. The lowest BCUT2D eigenvalue weighted by Crippen LogP contribution is -2.47. The monoisotopic (exact) mass is 491 g/mol. The molecule has 1 aromatic heterocycles. The summed E-state index contributed by atoms with van der Waals surface area (Å²) < 4.78 is 15.7. The SMILES string of the molecule is CCOC(=O)C1=C(COC(=O)CSCc2csc(C)n2)NC(=O)NC1c1ccc(OC)cc1. The Balaban J connectivity index is 1.72. The molecule has 0 aliphatic carbocycles. The second-order valence-electron chi connectivity index (χ2n) is 6.93. The zero-order valence-corrected chi connectivity index (χ0v) is 20.1. The summed E-state index contributed by atoms with van der Waals surface area (Å²) in [5.41, 5.74) is 1.94. The average molecular weight is 492 g/mol. The highest BCUT2D eigenvalue weighted by Crippen LogP contribution is 2.29. The van der Waals surface area contributed by atoms with Crippen LogP contribution in [0.15, 0.2) is 40.9 Å².